The molecule has 1 amide bonds. The zero-order chi connectivity index (χ0) is 28.4. The van der Waals surface area contributed by atoms with Crippen LogP contribution in [0.1, 0.15) is 13.0 Å². The molecule has 1 aliphatic rings. The van der Waals surface area contributed by atoms with Gasteiger partial charge in [0.05, 0.1) is 35.4 Å². The molecule has 4 aromatic rings. The first-order valence-electron chi connectivity index (χ1n) is 12.8. The first kappa shape index (κ1) is 27.1. The van der Waals surface area contributed by atoms with Crippen molar-refractivity contribution in [2.45, 2.75) is 19.0 Å². The second-order valence-electron chi connectivity index (χ2n) is 9.71. The number of nitrogens with one attached hydrogen (secondary N) is 2. The fourth-order valence-electron chi connectivity index (χ4n) is 5.10. The highest BCUT2D eigenvalue weighted by Crippen LogP contribution is 2.40. The Hall–Kier alpha value is -4.51. The molecule has 208 valence electrons. The van der Waals surface area contributed by atoms with Crippen molar-refractivity contribution in [1.82, 2.24) is 19.4 Å². The molecule has 2 N–H and O–H groups in total. The lowest BCUT2D eigenvalue weighted by Crippen LogP contribution is -2.34. The van der Waals surface area contributed by atoms with E-state index >= 15 is 0 Å². The number of rotatable bonds is 9. The van der Waals surface area contributed by atoms with E-state index in [4.69, 9.17) is 4.74 Å². The van der Waals surface area contributed by atoms with Gasteiger partial charge in [0.15, 0.2) is 0 Å². The molecule has 40 heavy (non-hydrogen) atoms. The maximum absolute atomic E-state index is 13.7. The van der Waals surface area contributed by atoms with E-state index in [1.165, 1.54) is 12.3 Å². The molecular formula is C29H31F2N7O2. The number of fused-ring (bicyclic) bond motifs is 1. The summed E-state index contributed by atoms with van der Waals surface area (Å²) >= 11 is 0. The maximum atomic E-state index is 13.7. The van der Waals surface area contributed by atoms with Gasteiger partial charge in [-0.25, -0.2) is 9.97 Å². The number of nitrogens with zero attached hydrogens (tertiary/aromatic N) is 5. The van der Waals surface area contributed by atoms with Gasteiger partial charge >= 0.3 is 6.55 Å². The summed E-state index contributed by atoms with van der Waals surface area (Å²) in [7, 11) is 5.64. The van der Waals surface area contributed by atoms with Gasteiger partial charge in [0.2, 0.25) is 11.9 Å². The van der Waals surface area contributed by atoms with E-state index in [1.807, 2.05) is 13.1 Å². The average molecular weight is 548 g/mol. The highest BCUT2D eigenvalue weighted by atomic mass is 19.3. The minimum Gasteiger partial charge on any atom is -0.494 e. The Morgan fingerprint density at radius 3 is 2.75 bits per heavy atom. The zero-order valence-corrected chi connectivity index (χ0v) is 22.6. The number of alkyl halides is 2. The van der Waals surface area contributed by atoms with Gasteiger partial charge in [-0.3, -0.25) is 9.36 Å². The number of amides is 1. The molecule has 11 heteroatoms. The number of carbonyl (C=O) groups is 1. The standard InChI is InChI=1S/C29H31F2N7O2/c1-5-27(39)33-22-14-23(26(40-4)15-25(22)37(3)18-11-13-36(2)16-18)35-29-32-12-10-21(34-29)20-17-38(28(30)31)24-9-7-6-8-19(20)24/h5-10,12,14-15,17-18,28H,1,11,13,16H2,2-4H3,(H,33,39)(H,32,34,35)/t18-/m0/s1. The summed E-state index contributed by atoms with van der Waals surface area (Å²) in [5.41, 5.74) is 3.35. The van der Waals surface area contributed by atoms with Crippen LogP contribution in [0.4, 0.5) is 31.8 Å². The number of likely N-dealkylation sites (tertiary alicyclic amines) is 1. The van der Waals surface area contributed by atoms with Crippen LogP contribution in [0.2, 0.25) is 0 Å². The second-order valence-corrected chi connectivity index (χ2v) is 9.71. The largest absolute Gasteiger partial charge is 0.494 e. The van der Waals surface area contributed by atoms with Crippen LogP contribution in [-0.2, 0) is 4.79 Å². The van der Waals surface area contributed by atoms with Gasteiger partial charge in [-0.05, 0) is 44.3 Å². The molecule has 5 rings (SSSR count). The van der Waals surface area contributed by atoms with E-state index < -0.39 is 6.55 Å². The van der Waals surface area contributed by atoms with Crippen LogP contribution in [0.5, 0.6) is 5.75 Å². The molecule has 2 aromatic carbocycles. The Morgan fingerprint density at radius 1 is 1.25 bits per heavy atom. The number of likely N-dealkylation sites (N-methyl/N-ethyl adjacent to an activating group) is 2. The third-order valence-corrected chi connectivity index (χ3v) is 7.18. The van der Waals surface area contributed by atoms with Crippen molar-refractivity contribution >= 4 is 39.8 Å². The molecule has 1 atom stereocenters. The number of halogens is 2. The van der Waals surface area contributed by atoms with Crippen LogP contribution in [0.15, 0.2) is 67.5 Å². The van der Waals surface area contributed by atoms with E-state index in [9.17, 15) is 13.6 Å². The number of para-hydroxylation sites is 1. The smallest absolute Gasteiger partial charge is 0.319 e. The van der Waals surface area contributed by atoms with E-state index in [2.05, 4.69) is 44.0 Å². The van der Waals surface area contributed by atoms with Gasteiger partial charge < -0.3 is 25.2 Å². The van der Waals surface area contributed by atoms with Crippen LogP contribution in [0.3, 0.4) is 0 Å². The van der Waals surface area contributed by atoms with Gasteiger partial charge in [-0.1, -0.05) is 24.8 Å². The number of benzene rings is 2. The predicted octanol–water partition coefficient (Wildman–Crippen LogP) is 5.51. The quantitative estimate of drug-likeness (QED) is 0.267. The molecule has 3 heterocycles. The molecule has 0 aliphatic carbocycles. The van der Waals surface area contributed by atoms with Crippen molar-refractivity contribution in [2.75, 3.05) is 49.8 Å². The molecule has 0 unspecified atom stereocenters. The summed E-state index contributed by atoms with van der Waals surface area (Å²) in [6, 6.07) is 12.5. The summed E-state index contributed by atoms with van der Waals surface area (Å²) in [6.45, 7) is 2.78. The molecule has 1 aliphatic heterocycles. The lowest BCUT2D eigenvalue weighted by atomic mass is 10.1. The van der Waals surface area contributed by atoms with Crippen LogP contribution >= 0.6 is 0 Å². The van der Waals surface area contributed by atoms with E-state index in [-0.39, 0.29) is 17.9 Å². The van der Waals surface area contributed by atoms with Crippen molar-refractivity contribution in [1.29, 1.82) is 0 Å². The number of aromatic nitrogens is 3. The number of carbonyl (C=O) groups excluding carboxylic acids is 1. The van der Waals surface area contributed by atoms with Crippen molar-refractivity contribution in [3.05, 3.63) is 67.5 Å². The Labute approximate surface area is 231 Å². The van der Waals surface area contributed by atoms with Crippen molar-refractivity contribution in [2.24, 2.45) is 0 Å². The minimum absolute atomic E-state index is 0.240. The normalized spacial score (nSPS) is 15.4. The first-order chi connectivity index (χ1) is 19.3. The highest BCUT2D eigenvalue weighted by Gasteiger charge is 2.26. The van der Waals surface area contributed by atoms with E-state index in [1.54, 1.807) is 49.7 Å². The van der Waals surface area contributed by atoms with Crippen LogP contribution in [0.25, 0.3) is 22.2 Å². The molecular weight excluding hydrogens is 516 g/mol. The van der Waals surface area contributed by atoms with E-state index in [0.717, 1.165) is 29.8 Å². The van der Waals surface area contributed by atoms with Crippen molar-refractivity contribution < 1.29 is 18.3 Å². The molecule has 9 nitrogen and oxygen atoms in total. The summed E-state index contributed by atoms with van der Waals surface area (Å²) in [4.78, 5) is 25.7. The van der Waals surface area contributed by atoms with Gasteiger partial charge in [-0.15, -0.1) is 0 Å². The second kappa shape index (κ2) is 11.3. The molecule has 0 spiro atoms. The minimum atomic E-state index is -2.69. The summed E-state index contributed by atoms with van der Waals surface area (Å²) in [6.07, 6.45) is 5.17. The van der Waals surface area contributed by atoms with Gasteiger partial charge in [0.25, 0.3) is 0 Å². The molecule has 0 radical (unpaired) electrons. The van der Waals surface area contributed by atoms with Crippen LogP contribution in [-0.4, -0.2) is 65.7 Å². The molecule has 2 aromatic heterocycles. The molecule has 0 saturated carbocycles. The monoisotopic (exact) mass is 547 g/mol. The van der Waals surface area contributed by atoms with Crippen molar-refractivity contribution in [3.63, 3.8) is 0 Å². The summed E-state index contributed by atoms with van der Waals surface area (Å²) < 4.78 is 34.0. The number of hydrogen-bond acceptors (Lipinski definition) is 7. The Kier molecular flexibility index (Phi) is 7.65. The number of hydrogen-bond donors (Lipinski definition) is 2. The SMILES string of the molecule is C=CC(=O)Nc1cc(Nc2nccc(-c3cn(C(F)F)c4ccccc34)n2)c(OC)cc1N(C)[C@H]1CCN(C)C1. The number of ether oxygens (including phenoxy) is 1. The molecule has 1 saturated heterocycles. The lowest BCUT2D eigenvalue weighted by molar-refractivity contribution is -0.111. The fourth-order valence-corrected chi connectivity index (χ4v) is 5.10. The van der Waals surface area contributed by atoms with Crippen LogP contribution < -0.4 is 20.3 Å². The molecule has 1 fully saturated rings. The third-order valence-electron chi connectivity index (χ3n) is 7.18. The van der Waals surface area contributed by atoms with Gasteiger partial charge in [0.1, 0.15) is 5.75 Å². The topological polar surface area (TPSA) is 87.5 Å². The van der Waals surface area contributed by atoms with E-state index in [0.29, 0.717) is 39.3 Å². The Morgan fingerprint density at radius 2 is 2.05 bits per heavy atom. The highest BCUT2D eigenvalue weighted by molar-refractivity contribution is 6.02. The predicted molar refractivity (Wildman–Crippen MR) is 154 cm³/mol. The van der Waals surface area contributed by atoms with Crippen molar-refractivity contribution in [3.8, 4) is 17.0 Å². The number of methoxy groups -OCH3 is 1. The fraction of sp³-hybridized carbons (Fsp3) is 0.276. The lowest BCUT2D eigenvalue weighted by Gasteiger charge is -2.29. The summed E-state index contributed by atoms with van der Waals surface area (Å²) in [5.74, 6) is 0.417. The Bertz CT molecular complexity index is 1550. The maximum Gasteiger partial charge on any atom is 0.319 e. The van der Waals surface area contributed by atoms with Gasteiger partial charge in [-0.2, -0.15) is 8.78 Å². The Balaban J connectivity index is 1.52. The number of anilines is 4. The average Bonchev–Trinajstić information content (AvgIpc) is 3.57. The molecule has 0 bridgehead atoms. The zero-order valence-electron chi connectivity index (χ0n) is 22.6. The van der Waals surface area contributed by atoms with Crippen LogP contribution in [0, 0.1) is 0 Å². The first-order valence-corrected chi connectivity index (χ1v) is 12.8. The van der Waals surface area contributed by atoms with Gasteiger partial charge in [0, 0.05) is 49.0 Å². The summed E-state index contributed by atoms with van der Waals surface area (Å²) in [5, 5.41) is 6.74. The third kappa shape index (κ3) is 5.32.